The van der Waals surface area contributed by atoms with Crippen LogP contribution in [0.2, 0.25) is 0 Å². The summed E-state index contributed by atoms with van der Waals surface area (Å²) in [6, 6.07) is 37.4. The fourth-order valence-corrected chi connectivity index (χ4v) is 4.02. The van der Waals surface area contributed by atoms with Gasteiger partial charge in [0.15, 0.2) is 11.5 Å². The van der Waals surface area contributed by atoms with Gasteiger partial charge in [-0.15, -0.1) is 0 Å². The summed E-state index contributed by atoms with van der Waals surface area (Å²) in [7, 11) is 0. The van der Waals surface area contributed by atoms with Gasteiger partial charge in [0, 0.05) is 10.9 Å². The highest BCUT2D eigenvalue weighted by molar-refractivity contribution is 5.96. The van der Waals surface area contributed by atoms with Gasteiger partial charge < -0.3 is 8.83 Å². The molecule has 0 aliphatic heterocycles. The van der Waals surface area contributed by atoms with Crippen LogP contribution in [-0.4, -0.2) is 0 Å². The Kier molecular flexibility index (Phi) is 3.82. The maximum atomic E-state index is 6.11. The van der Waals surface area contributed by atoms with Crippen molar-refractivity contribution in [2.24, 2.45) is 0 Å². The zero-order valence-corrected chi connectivity index (χ0v) is 16.2. The van der Waals surface area contributed by atoms with E-state index < -0.39 is 0 Å². The third-order valence-electron chi connectivity index (χ3n) is 5.54. The minimum Gasteiger partial charge on any atom is -0.453 e. The molecule has 0 atom stereocenters. The molecule has 0 radical (unpaired) electrons. The lowest BCUT2D eigenvalue weighted by molar-refractivity contribution is 0.552. The Morgan fingerprint density at radius 2 is 1.13 bits per heavy atom. The fourth-order valence-electron chi connectivity index (χ4n) is 4.02. The first-order valence-corrected chi connectivity index (χ1v) is 10.0. The molecule has 0 unspecified atom stereocenters. The summed E-state index contributed by atoms with van der Waals surface area (Å²) in [6.45, 7) is 0. The Hall–Kier alpha value is -4.04. The highest BCUT2D eigenvalue weighted by atomic mass is 16.4. The van der Waals surface area contributed by atoms with E-state index in [4.69, 9.17) is 8.83 Å². The van der Waals surface area contributed by atoms with E-state index in [0.717, 1.165) is 33.8 Å². The van der Waals surface area contributed by atoms with Crippen LogP contribution in [0.15, 0.2) is 118 Å². The van der Waals surface area contributed by atoms with Gasteiger partial charge in [-0.25, -0.2) is 0 Å². The average molecular weight is 386 g/mol. The molecule has 0 saturated heterocycles. The normalized spacial score (nSPS) is 11.3. The summed E-state index contributed by atoms with van der Waals surface area (Å²) in [5.41, 5.74) is 4.34. The van der Waals surface area contributed by atoms with Crippen LogP contribution in [0, 0.1) is 0 Å². The topological polar surface area (TPSA) is 26.3 Å². The first-order chi connectivity index (χ1) is 14.8. The van der Waals surface area contributed by atoms with Crippen molar-refractivity contribution in [3.05, 3.63) is 109 Å². The smallest absolute Gasteiger partial charge is 0.170 e. The fraction of sp³-hybridized carbons (Fsp3) is 0. The lowest BCUT2D eigenvalue weighted by atomic mass is 9.97. The van der Waals surface area contributed by atoms with Crippen molar-refractivity contribution in [1.82, 2.24) is 0 Å². The van der Waals surface area contributed by atoms with E-state index in [1.54, 1.807) is 0 Å². The summed E-state index contributed by atoms with van der Waals surface area (Å²) in [4.78, 5) is 0. The van der Waals surface area contributed by atoms with E-state index >= 15 is 0 Å². The van der Waals surface area contributed by atoms with Crippen molar-refractivity contribution in [2.45, 2.75) is 0 Å². The molecule has 0 N–H and O–H groups in total. The highest BCUT2D eigenvalue weighted by Crippen LogP contribution is 2.34. The van der Waals surface area contributed by atoms with Crippen molar-refractivity contribution in [1.29, 1.82) is 0 Å². The predicted octanol–water partition coefficient (Wildman–Crippen LogP) is 8.18. The van der Waals surface area contributed by atoms with Crippen LogP contribution < -0.4 is 0 Å². The van der Waals surface area contributed by atoms with Crippen LogP contribution in [0.4, 0.5) is 0 Å². The van der Waals surface area contributed by atoms with Crippen LogP contribution in [-0.2, 0) is 0 Å². The second kappa shape index (κ2) is 6.78. The highest BCUT2D eigenvalue weighted by Gasteiger charge is 2.12. The Balaban J connectivity index is 1.34. The summed E-state index contributed by atoms with van der Waals surface area (Å²) < 4.78 is 12.0. The van der Waals surface area contributed by atoms with Gasteiger partial charge >= 0.3 is 0 Å². The van der Waals surface area contributed by atoms with Crippen LogP contribution in [0.3, 0.4) is 0 Å². The molecule has 0 saturated carbocycles. The molecule has 0 bridgehead atoms. The molecule has 2 heterocycles. The molecule has 142 valence electrons. The molecule has 0 fully saturated rings. The molecule has 2 nitrogen and oxygen atoms in total. The lowest BCUT2D eigenvalue weighted by Gasteiger charge is -2.07. The van der Waals surface area contributed by atoms with Crippen LogP contribution in [0.5, 0.6) is 0 Å². The van der Waals surface area contributed by atoms with Crippen molar-refractivity contribution >= 4 is 21.7 Å². The first-order valence-electron chi connectivity index (χ1n) is 10.0. The van der Waals surface area contributed by atoms with E-state index in [0.29, 0.717) is 0 Å². The van der Waals surface area contributed by atoms with Crippen molar-refractivity contribution < 1.29 is 8.83 Å². The van der Waals surface area contributed by atoms with Crippen molar-refractivity contribution in [3.8, 4) is 34.0 Å². The quantitative estimate of drug-likeness (QED) is 0.306. The van der Waals surface area contributed by atoms with Crippen molar-refractivity contribution in [3.63, 3.8) is 0 Å². The van der Waals surface area contributed by atoms with E-state index in [2.05, 4.69) is 66.7 Å². The summed E-state index contributed by atoms with van der Waals surface area (Å²) in [6.07, 6.45) is 0. The van der Waals surface area contributed by atoms with Gasteiger partial charge in [-0.05, 0) is 46.2 Å². The molecule has 6 rings (SSSR count). The SMILES string of the molecule is c1ccc2oc(-c3ccc(-c4ccc(-c5cccc6ccccc56)cc4)o3)cc2c1. The Morgan fingerprint density at radius 1 is 0.433 bits per heavy atom. The minimum atomic E-state index is 0.735. The van der Waals surface area contributed by atoms with E-state index in [1.807, 2.05) is 42.5 Å². The second-order valence-electron chi connectivity index (χ2n) is 7.42. The molecule has 2 aromatic heterocycles. The molecule has 4 aromatic carbocycles. The number of rotatable bonds is 3. The number of hydrogen-bond acceptors (Lipinski definition) is 2. The van der Waals surface area contributed by atoms with Gasteiger partial charge in [0.1, 0.15) is 11.3 Å². The predicted molar refractivity (Wildman–Crippen MR) is 122 cm³/mol. The largest absolute Gasteiger partial charge is 0.453 e. The molecule has 30 heavy (non-hydrogen) atoms. The van der Waals surface area contributed by atoms with Crippen LogP contribution >= 0.6 is 0 Å². The maximum Gasteiger partial charge on any atom is 0.170 e. The molecule has 0 spiro atoms. The van der Waals surface area contributed by atoms with Gasteiger partial charge in [-0.1, -0.05) is 84.9 Å². The summed E-state index contributed by atoms with van der Waals surface area (Å²) >= 11 is 0. The molecule has 0 aliphatic rings. The zero-order chi connectivity index (χ0) is 19.9. The van der Waals surface area contributed by atoms with Crippen molar-refractivity contribution in [2.75, 3.05) is 0 Å². The third-order valence-corrected chi connectivity index (χ3v) is 5.54. The van der Waals surface area contributed by atoms with Crippen LogP contribution in [0.25, 0.3) is 55.7 Å². The lowest BCUT2D eigenvalue weighted by Crippen LogP contribution is -1.82. The molecule has 0 amide bonds. The third kappa shape index (κ3) is 2.82. The van der Waals surface area contributed by atoms with Gasteiger partial charge in [-0.2, -0.15) is 0 Å². The standard InChI is InChI=1S/C28H18O2/c1-3-9-23-19(6-1)8-5-10-24(23)20-12-14-21(15-13-20)26-16-17-27(29-26)28-18-22-7-2-4-11-25(22)30-28/h1-18H. The number of fused-ring (bicyclic) bond motifs is 2. The monoisotopic (exact) mass is 386 g/mol. The second-order valence-corrected chi connectivity index (χ2v) is 7.42. The zero-order valence-electron chi connectivity index (χ0n) is 16.2. The summed E-state index contributed by atoms with van der Waals surface area (Å²) in [5.74, 6) is 2.31. The first kappa shape index (κ1) is 16.9. The number of benzene rings is 4. The van der Waals surface area contributed by atoms with Gasteiger partial charge in [-0.3, -0.25) is 0 Å². The molecular formula is C28H18O2. The van der Waals surface area contributed by atoms with Gasteiger partial charge in [0.2, 0.25) is 0 Å². The molecule has 2 heteroatoms. The van der Waals surface area contributed by atoms with E-state index in [9.17, 15) is 0 Å². The molecule has 6 aromatic rings. The van der Waals surface area contributed by atoms with E-state index in [-0.39, 0.29) is 0 Å². The Labute approximate surface area is 174 Å². The Morgan fingerprint density at radius 3 is 2.00 bits per heavy atom. The molecular weight excluding hydrogens is 368 g/mol. The summed E-state index contributed by atoms with van der Waals surface area (Å²) in [5, 5.41) is 3.59. The minimum absolute atomic E-state index is 0.735. The Bertz CT molecular complexity index is 1440. The average Bonchev–Trinajstić information content (AvgIpc) is 3.46. The van der Waals surface area contributed by atoms with E-state index in [1.165, 1.54) is 21.9 Å². The van der Waals surface area contributed by atoms with Gasteiger partial charge in [0.25, 0.3) is 0 Å². The number of furan rings is 2. The van der Waals surface area contributed by atoms with Gasteiger partial charge in [0.05, 0.1) is 0 Å². The number of hydrogen-bond donors (Lipinski definition) is 0. The number of para-hydroxylation sites is 1. The maximum absolute atomic E-state index is 6.11. The van der Waals surface area contributed by atoms with Crippen LogP contribution in [0.1, 0.15) is 0 Å². The molecule has 0 aliphatic carbocycles.